The normalized spacial score (nSPS) is 12.0. The van der Waals surface area contributed by atoms with E-state index in [1.807, 2.05) is 48.5 Å². The molecule has 0 radical (unpaired) electrons. The fourth-order valence-electron chi connectivity index (χ4n) is 3.82. The maximum absolute atomic E-state index is 13.2. The second-order valence-electron chi connectivity index (χ2n) is 8.70. The number of amides is 2. The molecule has 2 amide bonds. The van der Waals surface area contributed by atoms with Crippen LogP contribution in [0.4, 0.5) is 5.69 Å². The van der Waals surface area contributed by atoms with Crippen molar-refractivity contribution in [1.82, 2.24) is 5.32 Å². The van der Waals surface area contributed by atoms with Crippen LogP contribution < -0.4 is 10.2 Å². The molecule has 0 atom stereocenters. The Morgan fingerprint density at radius 1 is 0.763 bits per heavy atom. The molecule has 3 rings (SSSR count). The van der Waals surface area contributed by atoms with E-state index in [2.05, 4.69) is 24.1 Å². The molecule has 2 aromatic rings. The van der Waals surface area contributed by atoms with Gasteiger partial charge in [-0.1, -0.05) is 49.1 Å². The Hall–Kier alpha value is -3.22. The van der Waals surface area contributed by atoms with Crippen molar-refractivity contribution in [2.75, 3.05) is 64.3 Å². The molecule has 38 heavy (non-hydrogen) atoms. The van der Waals surface area contributed by atoms with Gasteiger partial charge in [-0.15, -0.1) is 0 Å². The lowest BCUT2D eigenvalue weighted by molar-refractivity contribution is -0.125. The van der Waals surface area contributed by atoms with E-state index in [-0.39, 0.29) is 24.7 Å². The molecule has 8 nitrogen and oxygen atoms in total. The second kappa shape index (κ2) is 17.3. The number of nitrogens with one attached hydrogen (secondary N) is 1. The highest BCUT2D eigenvalue weighted by Gasteiger charge is 2.21. The zero-order valence-corrected chi connectivity index (χ0v) is 22.2. The van der Waals surface area contributed by atoms with E-state index in [0.717, 1.165) is 35.4 Å². The minimum atomic E-state index is -0.182. The first-order chi connectivity index (χ1) is 18.7. The second-order valence-corrected chi connectivity index (χ2v) is 8.70. The molecular weight excluding hydrogens is 484 g/mol. The predicted octanol–water partition coefficient (Wildman–Crippen LogP) is 3.31. The van der Waals surface area contributed by atoms with Crippen molar-refractivity contribution in [1.29, 1.82) is 0 Å². The number of fused-ring (bicyclic) bond motifs is 2. The first-order valence-electron chi connectivity index (χ1n) is 13.3. The van der Waals surface area contributed by atoms with Gasteiger partial charge < -0.3 is 29.2 Å². The van der Waals surface area contributed by atoms with Gasteiger partial charge in [0.1, 0.15) is 0 Å². The van der Waals surface area contributed by atoms with Crippen LogP contribution in [0.3, 0.4) is 0 Å². The van der Waals surface area contributed by atoms with E-state index in [0.29, 0.717) is 59.3 Å². The van der Waals surface area contributed by atoms with E-state index in [1.54, 1.807) is 4.90 Å². The van der Waals surface area contributed by atoms with E-state index < -0.39 is 0 Å². The summed E-state index contributed by atoms with van der Waals surface area (Å²) in [4.78, 5) is 27.2. The third-order valence-corrected chi connectivity index (χ3v) is 5.77. The number of benzene rings is 2. The average molecular weight is 523 g/mol. The number of rotatable bonds is 17. The Morgan fingerprint density at radius 3 is 2.05 bits per heavy atom. The Bertz CT molecular complexity index is 1080. The first kappa shape index (κ1) is 29.3. The number of anilines is 1. The summed E-state index contributed by atoms with van der Waals surface area (Å²) in [6.45, 7) is 7.09. The highest BCUT2D eigenvalue weighted by molar-refractivity contribution is 5.96. The Morgan fingerprint density at radius 2 is 1.34 bits per heavy atom. The maximum atomic E-state index is 13.2. The summed E-state index contributed by atoms with van der Waals surface area (Å²) in [6, 6.07) is 15.4. The molecule has 0 spiro atoms. The molecule has 0 saturated carbocycles. The molecule has 1 heterocycles. The smallest absolute Gasteiger partial charge is 0.227 e. The molecule has 0 fully saturated rings. The van der Waals surface area contributed by atoms with E-state index in [4.69, 9.17) is 18.9 Å². The SMILES string of the molecule is CCCOCCOCCOCCOCCNC(=O)CCC(=O)N1Cc2ccccc2C#Cc2ccccc21. The van der Waals surface area contributed by atoms with Crippen molar-refractivity contribution >= 4 is 17.5 Å². The van der Waals surface area contributed by atoms with Gasteiger partial charge in [-0.05, 0) is 30.2 Å². The summed E-state index contributed by atoms with van der Waals surface area (Å²) in [5, 5.41) is 2.81. The van der Waals surface area contributed by atoms with Crippen LogP contribution in [0.15, 0.2) is 48.5 Å². The number of ether oxygens (including phenoxy) is 4. The van der Waals surface area contributed by atoms with Gasteiger partial charge in [-0.3, -0.25) is 9.59 Å². The molecule has 0 aromatic heterocycles. The number of hydrogen-bond donors (Lipinski definition) is 1. The Balaban J connectivity index is 1.30. The zero-order chi connectivity index (χ0) is 26.8. The van der Waals surface area contributed by atoms with Crippen LogP contribution in [-0.2, 0) is 35.1 Å². The van der Waals surface area contributed by atoms with Gasteiger partial charge in [0.2, 0.25) is 11.8 Å². The predicted molar refractivity (Wildman–Crippen MR) is 146 cm³/mol. The molecule has 1 aliphatic heterocycles. The summed E-state index contributed by atoms with van der Waals surface area (Å²) >= 11 is 0. The van der Waals surface area contributed by atoms with Crippen LogP contribution in [0.25, 0.3) is 0 Å². The standard InChI is InChI=1S/C30H38N2O6/c1-2-16-35-18-20-37-22-23-38-21-19-36-17-15-31-29(33)13-14-30(34)32-24-27-9-4-3-7-25(27)11-12-26-8-5-6-10-28(26)32/h3-10H,2,13-24H2,1H3,(H,31,33). The van der Waals surface area contributed by atoms with Crippen LogP contribution in [0.1, 0.15) is 42.9 Å². The molecule has 1 N–H and O–H groups in total. The summed E-state index contributed by atoms with van der Waals surface area (Å²) in [6.07, 6.45) is 1.22. The van der Waals surface area contributed by atoms with Crippen LogP contribution in [0.2, 0.25) is 0 Å². The monoisotopic (exact) mass is 522 g/mol. The topological polar surface area (TPSA) is 86.3 Å². The minimum absolute atomic E-state index is 0.108. The van der Waals surface area contributed by atoms with Gasteiger partial charge in [0.05, 0.1) is 58.5 Å². The minimum Gasteiger partial charge on any atom is -0.379 e. The van der Waals surface area contributed by atoms with Crippen molar-refractivity contribution in [2.45, 2.75) is 32.7 Å². The Kier molecular flexibility index (Phi) is 13.4. The molecule has 0 saturated heterocycles. The van der Waals surface area contributed by atoms with Gasteiger partial charge in [0.25, 0.3) is 0 Å². The summed E-state index contributed by atoms with van der Waals surface area (Å²) in [5.74, 6) is 6.10. The lowest BCUT2D eigenvalue weighted by Crippen LogP contribution is -2.34. The van der Waals surface area contributed by atoms with E-state index >= 15 is 0 Å². The lowest BCUT2D eigenvalue weighted by Gasteiger charge is -2.26. The molecule has 0 aliphatic carbocycles. The van der Waals surface area contributed by atoms with Crippen LogP contribution in [-0.4, -0.2) is 71.2 Å². The summed E-state index contributed by atoms with van der Waals surface area (Å²) < 4.78 is 21.7. The van der Waals surface area contributed by atoms with Gasteiger partial charge in [-0.2, -0.15) is 0 Å². The number of carbonyl (C=O) groups excluding carboxylic acids is 2. The molecule has 0 unspecified atom stereocenters. The van der Waals surface area contributed by atoms with E-state index in [9.17, 15) is 9.59 Å². The molecule has 0 bridgehead atoms. The van der Waals surface area contributed by atoms with Crippen molar-refractivity contribution in [3.8, 4) is 11.8 Å². The number of nitrogens with zero attached hydrogens (tertiary/aromatic N) is 1. The highest BCUT2D eigenvalue weighted by Crippen LogP contribution is 2.26. The number of para-hydroxylation sites is 1. The van der Waals surface area contributed by atoms with Crippen molar-refractivity contribution < 1.29 is 28.5 Å². The van der Waals surface area contributed by atoms with Crippen molar-refractivity contribution in [3.63, 3.8) is 0 Å². The maximum Gasteiger partial charge on any atom is 0.227 e. The van der Waals surface area contributed by atoms with Gasteiger partial charge in [0.15, 0.2) is 0 Å². The summed E-state index contributed by atoms with van der Waals surface area (Å²) in [5.41, 5.74) is 3.45. The van der Waals surface area contributed by atoms with E-state index in [1.165, 1.54) is 0 Å². The van der Waals surface area contributed by atoms with Crippen molar-refractivity contribution in [3.05, 3.63) is 65.2 Å². The van der Waals surface area contributed by atoms with Crippen LogP contribution in [0, 0.1) is 11.8 Å². The summed E-state index contributed by atoms with van der Waals surface area (Å²) in [7, 11) is 0. The molecule has 2 aromatic carbocycles. The molecular formula is C30H38N2O6. The number of hydrogen-bond acceptors (Lipinski definition) is 6. The average Bonchev–Trinajstić information content (AvgIpc) is 2.93. The van der Waals surface area contributed by atoms with Gasteiger partial charge in [0, 0.05) is 37.1 Å². The number of carbonyl (C=O) groups is 2. The largest absolute Gasteiger partial charge is 0.379 e. The lowest BCUT2D eigenvalue weighted by atomic mass is 10.0. The fourth-order valence-corrected chi connectivity index (χ4v) is 3.82. The quantitative estimate of drug-likeness (QED) is 0.254. The van der Waals surface area contributed by atoms with Crippen molar-refractivity contribution in [2.24, 2.45) is 0 Å². The highest BCUT2D eigenvalue weighted by atomic mass is 16.6. The van der Waals surface area contributed by atoms with Gasteiger partial charge in [-0.25, -0.2) is 0 Å². The van der Waals surface area contributed by atoms with Gasteiger partial charge >= 0.3 is 0 Å². The fraction of sp³-hybridized carbons (Fsp3) is 0.467. The third-order valence-electron chi connectivity index (χ3n) is 5.77. The Labute approximate surface area is 225 Å². The van der Waals surface area contributed by atoms with Crippen LogP contribution >= 0.6 is 0 Å². The zero-order valence-electron chi connectivity index (χ0n) is 22.2. The molecule has 204 valence electrons. The van der Waals surface area contributed by atoms with Crippen LogP contribution in [0.5, 0.6) is 0 Å². The third kappa shape index (κ3) is 10.3. The molecule has 8 heteroatoms. The first-order valence-corrected chi connectivity index (χ1v) is 13.3. The molecule has 1 aliphatic rings.